The van der Waals surface area contributed by atoms with E-state index >= 15 is 0 Å². The molecule has 1 rings (SSSR count). The fourth-order valence-corrected chi connectivity index (χ4v) is 1.00. The van der Waals surface area contributed by atoms with E-state index in [1.165, 1.54) is 0 Å². The van der Waals surface area contributed by atoms with E-state index in [2.05, 4.69) is 0 Å². The van der Waals surface area contributed by atoms with Gasteiger partial charge < -0.3 is 10.8 Å². The molecular formula is C8H11NO2. The number of hydrogen-bond acceptors (Lipinski definition) is 2. The topological polar surface area (TPSA) is 63.3 Å². The van der Waals surface area contributed by atoms with Gasteiger partial charge in [-0.15, -0.1) is 0 Å². The van der Waals surface area contributed by atoms with E-state index in [0.717, 1.165) is 12.8 Å². The van der Waals surface area contributed by atoms with Crippen molar-refractivity contribution in [3.05, 3.63) is 23.8 Å². The number of aliphatic hydroxyl groups excluding tert-OH is 1. The molecule has 0 heterocycles. The minimum Gasteiger partial charge on any atom is -0.378 e. The maximum absolute atomic E-state index is 10.5. The van der Waals surface area contributed by atoms with E-state index in [9.17, 15) is 4.79 Å². The monoisotopic (exact) mass is 153 g/mol. The molecule has 0 aromatic rings. The minimum absolute atomic E-state index is 0.615. The highest BCUT2D eigenvalue weighted by Gasteiger charge is 2.14. The highest BCUT2D eigenvalue weighted by molar-refractivity contribution is 5.82. The molecule has 0 aromatic heterocycles. The average Bonchev–Trinajstić information content (AvgIpc) is 2.05. The van der Waals surface area contributed by atoms with Gasteiger partial charge in [-0.3, -0.25) is 4.79 Å². The molecule has 0 fully saturated rings. The molecule has 1 atom stereocenters. The summed E-state index contributed by atoms with van der Waals surface area (Å²) in [7, 11) is 0. The van der Waals surface area contributed by atoms with Crippen molar-refractivity contribution < 1.29 is 9.90 Å². The van der Waals surface area contributed by atoms with Gasteiger partial charge in [0.2, 0.25) is 0 Å². The minimum atomic E-state index is -1.13. The highest BCUT2D eigenvalue weighted by atomic mass is 16.3. The van der Waals surface area contributed by atoms with Crippen molar-refractivity contribution in [2.75, 3.05) is 0 Å². The second-order valence-electron chi connectivity index (χ2n) is 2.49. The van der Waals surface area contributed by atoms with Crippen molar-refractivity contribution >= 4 is 5.91 Å². The van der Waals surface area contributed by atoms with Crippen LogP contribution in [0, 0.1) is 0 Å². The van der Waals surface area contributed by atoms with E-state index in [1.807, 2.05) is 12.2 Å². The smallest absolute Gasteiger partial charge is 0.250 e. The van der Waals surface area contributed by atoms with Gasteiger partial charge in [-0.25, -0.2) is 0 Å². The molecule has 3 heteroatoms. The van der Waals surface area contributed by atoms with Gasteiger partial charge in [0.1, 0.15) is 0 Å². The Morgan fingerprint density at radius 3 is 2.82 bits per heavy atom. The number of aliphatic hydroxyl groups is 1. The number of carbonyl (C=O) groups is 1. The second-order valence-corrected chi connectivity index (χ2v) is 2.49. The predicted molar refractivity (Wildman–Crippen MR) is 41.7 cm³/mol. The first-order valence-electron chi connectivity index (χ1n) is 3.56. The molecular weight excluding hydrogens is 142 g/mol. The molecule has 11 heavy (non-hydrogen) atoms. The van der Waals surface area contributed by atoms with Crippen LogP contribution in [0.1, 0.15) is 12.8 Å². The predicted octanol–water partition coefficient (Wildman–Crippen LogP) is 0.109. The van der Waals surface area contributed by atoms with E-state index in [4.69, 9.17) is 10.8 Å². The highest BCUT2D eigenvalue weighted by Crippen LogP contribution is 2.12. The van der Waals surface area contributed by atoms with Gasteiger partial charge in [0.15, 0.2) is 6.10 Å². The number of carbonyl (C=O) groups excluding carboxylic acids is 1. The van der Waals surface area contributed by atoms with Gasteiger partial charge in [0, 0.05) is 0 Å². The van der Waals surface area contributed by atoms with Crippen molar-refractivity contribution in [3.8, 4) is 0 Å². The van der Waals surface area contributed by atoms with Crippen LogP contribution < -0.4 is 5.73 Å². The van der Waals surface area contributed by atoms with Gasteiger partial charge in [0.05, 0.1) is 0 Å². The number of primary amides is 1. The third-order valence-corrected chi connectivity index (χ3v) is 1.61. The Balaban J connectivity index is 2.66. The van der Waals surface area contributed by atoms with E-state index in [1.54, 1.807) is 6.08 Å². The zero-order valence-corrected chi connectivity index (χ0v) is 6.16. The van der Waals surface area contributed by atoms with Crippen LogP contribution >= 0.6 is 0 Å². The lowest BCUT2D eigenvalue weighted by Gasteiger charge is -2.10. The molecule has 0 saturated carbocycles. The van der Waals surface area contributed by atoms with Crippen molar-refractivity contribution in [1.29, 1.82) is 0 Å². The van der Waals surface area contributed by atoms with E-state index < -0.39 is 12.0 Å². The largest absolute Gasteiger partial charge is 0.378 e. The Kier molecular flexibility index (Phi) is 2.44. The average molecular weight is 153 g/mol. The maximum atomic E-state index is 10.5. The number of nitrogens with two attached hydrogens (primary N) is 1. The normalized spacial score (nSPS) is 19.2. The molecule has 0 aliphatic heterocycles. The maximum Gasteiger partial charge on any atom is 0.250 e. The zero-order chi connectivity index (χ0) is 8.27. The Bertz CT molecular complexity index is 218. The van der Waals surface area contributed by atoms with Gasteiger partial charge in [-0.1, -0.05) is 18.2 Å². The molecule has 0 spiro atoms. The quantitative estimate of drug-likeness (QED) is 0.591. The summed E-state index contributed by atoms with van der Waals surface area (Å²) >= 11 is 0. The van der Waals surface area contributed by atoms with Crippen LogP contribution in [0.3, 0.4) is 0 Å². The Hall–Kier alpha value is -1.09. The lowest BCUT2D eigenvalue weighted by molar-refractivity contribution is -0.124. The Labute approximate surface area is 65.2 Å². The van der Waals surface area contributed by atoms with Crippen molar-refractivity contribution in [1.82, 2.24) is 0 Å². The van der Waals surface area contributed by atoms with Crippen LogP contribution in [0.15, 0.2) is 23.8 Å². The molecule has 1 amide bonds. The summed E-state index contributed by atoms with van der Waals surface area (Å²) in [4.78, 5) is 10.5. The summed E-state index contributed by atoms with van der Waals surface area (Å²) < 4.78 is 0. The van der Waals surface area contributed by atoms with Crippen LogP contribution in [0.4, 0.5) is 0 Å². The summed E-state index contributed by atoms with van der Waals surface area (Å²) in [5.74, 6) is -0.692. The molecule has 60 valence electrons. The number of hydrogen-bond donors (Lipinski definition) is 2. The standard InChI is InChI=1S/C8H11NO2/c9-8(11)7(10)6-4-2-1-3-5-6/h2,4-5,7,10H,1,3H2,(H2,9,11)/t7-/m1/s1. The molecule has 0 unspecified atom stereocenters. The number of allylic oxidation sites excluding steroid dienone is 2. The summed E-state index contributed by atoms with van der Waals surface area (Å²) in [6.07, 6.45) is 6.19. The fourth-order valence-electron chi connectivity index (χ4n) is 1.00. The SMILES string of the molecule is NC(=O)[C@H](O)C1=CCCC=C1. The molecule has 3 nitrogen and oxygen atoms in total. The summed E-state index contributed by atoms with van der Waals surface area (Å²) in [6.45, 7) is 0. The third kappa shape index (κ3) is 1.91. The van der Waals surface area contributed by atoms with Gasteiger partial charge >= 0.3 is 0 Å². The molecule has 1 aliphatic rings. The molecule has 3 N–H and O–H groups in total. The molecule has 0 saturated heterocycles. The Morgan fingerprint density at radius 1 is 1.64 bits per heavy atom. The summed E-state index contributed by atoms with van der Waals surface area (Å²) in [5, 5.41) is 9.16. The van der Waals surface area contributed by atoms with Gasteiger partial charge in [-0.05, 0) is 18.4 Å². The van der Waals surface area contributed by atoms with Crippen LogP contribution in [0.25, 0.3) is 0 Å². The molecule has 0 radical (unpaired) electrons. The van der Waals surface area contributed by atoms with Gasteiger partial charge in [0.25, 0.3) is 5.91 Å². The van der Waals surface area contributed by atoms with Crippen LogP contribution in [0.2, 0.25) is 0 Å². The van der Waals surface area contributed by atoms with E-state index in [-0.39, 0.29) is 0 Å². The van der Waals surface area contributed by atoms with Crippen molar-refractivity contribution in [2.24, 2.45) is 5.73 Å². The summed E-state index contributed by atoms with van der Waals surface area (Å²) in [6, 6.07) is 0. The number of amides is 1. The summed E-state index contributed by atoms with van der Waals surface area (Å²) in [5.41, 5.74) is 5.52. The van der Waals surface area contributed by atoms with Crippen LogP contribution in [0.5, 0.6) is 0 Å². The van der Waals surface area contributed by atoms with Crippen molar-refractivity contribution in [2.45, 2.75) is 18.9 Å². The first-order valence-corrected chi connectivity index (χ1v) is 3.56. The molecule has 0 bridgehead atoms. The van der Waals surface area contributed by atoms with E-state index in [0.29, 0.717) is 5.57 Å². The lowest BCUT2D eigenvalue weighted by atomic mass is 10.0. The third-order valence-electron chi connectivity index (χ3n) is 1.61. The van der Waals surface area contributed by atoms with Crippen LogP contribution in [-0.2, 0) is 4.79 Å². The first-order chi connectivity index (χ1) is 5.22. The van der Waals surface area contributed by atoms with Crippen molar-refractivity contribution in [3.63, 3.8) is 0 Å². The molecule has 1 aliphatic carbocycles. The zero-order valence-electron chi connectivity index (χ0n) is 6.16. The fraction of sp³-hybridized carbons (Fsp3) is 0.375. The van der Waals surface area contributed by atoms with Gasteiger partial charge in [-0.2, -0.15) is 0 Å². The van der Waals surface area contributed by atoms with Crippen LogP contribution in [-0.4, -0.2) is 17.1 Å². The molecule has 0 aromatic carbocycles. The number of rotatable bonds is 2. The second kappa shape index (κ2) is 3.34. The Morgan fingerprint density at radius 2 is 2.36 bits per heavy atom. The first kappa shape index (κ1) is 8.01. The lowest BCUT2D eigenvalue weighted by Crippen LogP contribution is -2.29.